The lowest BCUT2D eigenvalue weighted by molar-refractivity contribution is 0.282. The van der Waals surface area contributed by atoms with Crippen molar-refractivity contribution in [2.45, 2.75) is 63.6 Å². The van der Waals surface area contributed by atoms with Gasteiger partial charge in [0.1, 0.15) is 0 Å². The van der Waals surface area contributed by atoms with Gasteiger partial charge in [0, 0.05) is 6.61 Å². The minimum Gasteiger partial charge on any atom is -0.416 e. The zero-order valence-corrected chi connectivity index (χ0v) is 11.3. The molecule has 0 bridgehead atoms. The van der Waals surface area contributed by atoms with Gasteiger partial charge in [-0.1, -0.05) is 45.1 Å². The third-order valence-corrected chi connectivity index (χ3v) is 7.82. The van der Waals surface area contributed by atoms with Crippen molar-refractivity contribution in [3.8, 4) is 0 Å². The number of hydrogen-bond acceptors (Lipinski definition) is 1. The number of unbranched alkanes of at least 4 members (excludes halogenated alkanes) is 2. The fraction of sp³-hybridized carbons (Fsp3) is 0.846. The molecule has 0 N–H and O–H groups in total. The van der Waals surface area contributed by atoms with Crippen molar-refractivity contribution >= 4 is 8.32 Å². The third-order valence-electron chi connectivity index (χ3n) is 3.44. The molecular formula is C13H26OSi. The van der Waals surface area contributed by atoms with Crippen LogP contribution in [0.5, 0.6) is 0 Å². The maximum atomic E-state index is 6.28. The Morgan fingerprint density at radius 2 is 1.93 bits per heavy atom. The fourth-order valence-electron chi connectivity index (χ4n) is 2.51. The molecule has 0 unspecified atom stereocenters. The second-order valence-corrected chi connectivity index (χ2v) is 8.85. The van der Waals surface area contributed by atoms with E-state index in [1.54, 1.807) is 0 Å². The molecule has 0 aromatic carbocycles. The lowest BCUT2D eigenvalue weighted by Crippen LogP contribution is -2.39. The van der Waals surface area contributed by atoms with E-state index >= 15 is 0 Å². The molecule has 88 valence electrons. The van der Waals surface area contributed by atoms with Crippen LogP contribution in [0.4, 0.5) is 0 Å². The normalized spacial score (nSPS) is 20.1. The molecule has 0 aromatic heterocycles. The van der Waals surface area contributed by atoms with Gasteiger partial charge in [-0.2, -0.15) is 0 Å². The highest BCUT2D eigenvalue weighted by Crippen LogP contribution is 2.33. The van der Waals surface area contributed by atoms with Crippen LogP contribution in [0.3, 0.4) is 0 Å². The minimum absolute atomic E-state index is 1.01. The van der Waals surface area contributed by atoms with Gasteiger partial charge in [-0.3, -0.25) is 0 Å². The molecule has 1 heterocycles. The Morgan fingerprint density at radius 3 is 2.53 bits per heavy atom. The van der Waals surface area contributed by atoms with Crippen LogP contribution in [0, 0.1) is 0 Å². The summed E-state index contributed by atoms with van der Waals surface area (Å²) in [5, 5.41) is 0. The SMILES string of the molecule is C=CC[Si]1(OCCCCC)CCCCC1. The monoisotopic (exact) mass is 226 g/mol. The molecule has 15 heavy (non-hydrogen) atoms. The molecule has 1 nitrogen and oxygen atoms in total. The zero-order valence-electron chi connectivity index (χ0n) is 10.3. The Kier molecular flexibility index (Phi) is 6.26. The lowest BCUT2D eigenvalue weighted by atomic mass is 10.3. The van der Waals surface area contributed by atoms with E-state index < -0.39 is 8.32 Å². The topological polar surface area (TPSA) is 9.23 Å². The van der Waals surface area contributed by atoms with Crippen LogP contribution in [-0.4, -0.2) is 14.9 Å². The van der Waals surface area contributed by atoms with Gasteiger partial charge in [0.05, 0.1) is 0 Å². The smallest absolute Gasteiger partial charge is 0.196 e. The van der Waals surface area contributed by atoms with E-state index in [-0.39, 0.29) is 0 Å². The quantitative estimate of drug-likeness (QED) is 0.352. The fourth-order valence-corrected chi connectivity index (χ4v) is 6.46. The van der Waals surface area contributed by atoms with Crippen LogP contribution in [0.2, 0.25) is 18.1 Å². The van der Waals surface area contributed by atoms with Crippen LogP contribution in [0.25, 0.3) is 0 Å². The Hall–Kier alpha value is -0.0831. The van der Waals surface area contributed by atoms with Gasteiger partial charge < -0.3 is 4.43 Å². The summed E-state index contributed by atoms with van der Waals surface area (Å²) >= 11 is 0. The highest BCUT2D eigenvalue weighted by molar-refractivity contribution is 6.74. The first-order valence-electron chi connectivity index (χ1n) is 6.58. The molecule has 0 amide bonds. The summed E-state index contributed by atoms with van der Waals surface area (Å²) < 4.78 is 6.28. The number of rotatable bonds is 7. The van der Waals surface area contributed by atoms with E-state index in [1.165, 1.54) is 56.7 Å². The van der Waals surface area contributed by atoms with E-state index in [4.69, 9.17) is 4.43 Å². The first-order valence-corrected chi connectivity index (χ1v) is 9.11. The summed E-state index contributed by atoms with van der Waals surface area (Å²) in [6.07, 6.45) is 10.2. The van der Waals surface area contributed by atoms with Crippen molar-refractivity contribution in [3.05, 3.63) is 12.7 Å². The van der Waals surface area contributed by atoms with E-state index in [1.807, 2.05) is 0 Å². The molecule has 0 saturated carbocycles. The average Bonchev–Trinajstić information content (AvgIpc) is 2.26. The molecule has 1 fully saturated rings. The summed E-state index contributed by atoms with van der Waals surface area (Å²) in [6, 6.07) is 3.94. The molecule has 1 rings (SSSR count). The summed E-state index contributed by atoms with van der Waals surface area (Å²) in [5.74, 6) is 0. The van der Waals surface area contributed by atoms with Crippen LogP contribution < -0.4 is 0 Å². The Morgan fingerprint density at radius 1 is 1.20 bits per heavy atom. The van der Waals surface area contributed by atoms with E-state index in [9.17, 15) is 0 Å². The number of hydrogen-bond donors (Lipinski definition) is 0. The maximum Gasteiger partial charge on any atom is 0.196 e. The first-order chi connectivity index (χ1) is 7.33. The van der Waals surface area contributed by atoms with Crippen LogP contribution in [0.15, 0.2) is 12.7 Å². The molecule has 0 spiro atoms. The Balaban J connectivity index is 2.31. The molecule has 1 saturated heterocycles. The van der Waals surface area contributed by atoms with Gasteiger partial charge in [-0.15, -0.1) is 6.58 Å². The summed E-state index contributed by atoms with van der Waals surface area (Å²) in [4.78, 5) is 0. The molecule has 2 heteroatoms. The highest BCUT2D eigenvalue weighted by Gasteiger charge is 2.34. The maximum absolute atomic E-state index is 6.28. The lowest BCUT2D eigenvalue weighted by Gasteiger charge is -2.34. The zero-order chi connectivity index (χ0) is 11.0. The van der Waals surface area contributed by atoms with Crippen LogP contribution >= 0.6 is 0 Å². The Labute approximate surface area is 96.0 Å². The highest BCUT2D eigenvalue weighted by atomic mass is 28.4. The summed E-state index contributed by atoms with van der Waals surface area (Å²) in [6.45, 7) is 7.15. The second kappa shape index (κ2) is 7.23. The van der Waals surface area contributed by atoms with Crippen LogP contribution in [0.1, 0.15) is 45.4 Å². The number of allylic oxidation sites excluding steroid dienone is 1. The van der Waals surface area contributed by atoms with Crippen molar-refractivity contribution < 1.29 is 4.43 Å². The van der Waals surface area contributed by atoms with E-state index in [2.05, 4.69) is 19.6 Å². The molecule has 0 radical (unpaired) electrons. The molecule has 0 aromatic rings. The second-order valence-electron chi connectivity index (χ2n) is 4.79. The van der Waals surface area contributed by atoms with Crippen molar-refractivity contribution in [2.24, 2.45) is 0 Å². The van der Waals surface area contributed by atoms with Gasteiger partial charge >= 0.3 is 0 Å². The van der Waals surface area contributed by atoms with Crippen molar-refractivity contribution in [1.29, 1.82) is 0 Å². The van der Waals surface area contributed by atoms with Crippen molar-refractivity contribution in [1.82, 2.24) is 0 Å². The minimum atomic E-state index is -1.35. The van der Waals surface area contributed by atoms with E-state index in [0.29, 0.717) is 0 Å². The third kappa shape index (κ3) is 4.52. The van der Waals surface area contributed by atoms with E-state index in [0.717, 1.165) is 6.61 Å². The summed E-state index contributed by atoms with van der Waals surface area (Å²) in [5.41, 5.74) is 0. The predicted molar refractivity (Wildman–Crippen MR) is 69.7 cm³/mol. The van der Waals surface area contributed by atoms with Gasteiger partial charge in [0.25, 0.3) is 0 Å². The van der Waals surface area contributed by atoms with Crippen molar-refractivity contribution in [2.75, 3.05) is 6.61 Å². The van der Waals surface area contributed by atoms with Gasteiger partial charge in [-0.05, 0) is 24.6 Å². The van der Waals surface area contributed by atoms with Gasteiger partial charge in [-0.25, -0.2) is 0 Å². The molecular weight excluding hydrogens is 200 g/mol. The predicted octanol–water partition coefficient (Wildman–Crippen LogP) is 4.51. The molecule has 1 aliphatic rings. The van der Waals surface area contributed by atoms with Crippen LogP contribution in [-0.2, 0) is 4.43 Å². The van der Waals surface area contributed by atoms with Crippen molar-refractivity contribution in [3.63, 3.8) is 0 Å². The standard InChI is InChI=1S/C13H26OSi/c1-3-5-7-10-14-15(11-4-2)12-8-6-9-13-15/h4H,2-3,5-13H2,1H3. The largest absolute Gasteiger partial charge is 0.416 e. The van der Waals surface area contributed by atoms with Gasteiger partial charge in [0.2, 0.25) is 0 Å². The Bertz CT molecular complexity index is 173. The first kappa shape index (κ1) is 13.0. The average molecular weight is 226 g/mol. The summed E-state index contributed by atoms with van der Waals surface area (Å²) in [7, 11) is -1.35. The molecule has 1 aliphatic heterocycles. The van der Waals surface area contributed by atoms with Gasteiger partial charge in [0.15, 0.2) is 8.32 Å². The molecule has 0 atom stereocenters. The molecule has 0 aliphatic carbocycles.